The molecule has 0 fully saturated rings. The van der Waals surface area contributed by atoms with Crippen molar-refractivity contribution in [2.24, 2.45) is 0 Å². The van der Waals surface area contributed by atoms with Crippen LogP contribution in [-0.2, 0) is 0 Å². The van der Waals surface area contributed by atoms with Crippen LogP contribution < -0.4 is 5.32 Å². The zero-order valence-corrected chi connectivity index (χ0v) is 18.5. The lowest BCUT2D eigenvalue weighted by molar-refractivity contribution is 0.669. The normalized spacial score (nSPS) is 11.6. The summed E-state index contributed by atoms with van der Waals surface area (Å²) < 4.78 is 8.83. The van der Waals surface area contributed by atoms with Gasteiger partial charge in [0.25, 0.3) is 0 Å². The predicted molar refractivity (Wildman–Crippen MR) is 142 cm³/mol. The van der Waals surface area contributed by atoms with Gasteiger partial charge in [-0.1, -0.05) is 60.7 Å². The van der Waals surface area contributed by atoms with Gasteiger partial charge in [-0.05, 0) is 59.7 Å². The largest absolute Gasteiger partial charge is 0.456 e. The first-order chi connectivity index (χ1) is 16.3. The molecule has 0 saturated heterocycles. The van der Waals surface area contributed by atoms with Crippen molar-refractivity contribution in [3.8, 4) is 11.1 Å². The molecule has 2 nitrogen and oxygen atoms in total. The van der Waals surface area contributed by atoms with Crippen LogP contribution in [0.25, 0.3) is 53.2 Å². The number of thiophene rings is 1. The molecule has 156 valence electrons. The van der Waals surface area contributed by atoms with Gasteiger partial charge in [-0.2, -0.15) is 0 Å². The van der Waals surface area contributed by atoms with Gasteiger partial charge in [-0.15, -0.1) is 11.3 Å². The number of benzene rings is 5. The van der Waals surface area contributed by atoms with Crippen molar-refractivity contribution in [3.63, 3.8) is 0 Å². The van der Waals surface area contributed by atoms with Crippen molar-refractivity contribution in [1.82, 2.24) is 0 Å². The van der Waals surface area contributed by atoms with E-state index in [9.17, 15) is 0 Å². The van der Waals surface area contributed by atoms with E-state index in [4.69, 9.17) is 4.42 Å². The third-order valence-corrected chi connectivity index (χ3v) is 7.41. The van der Waals surface area contributed by atoms with E-state index in [2.05, 4.69) is 96.3 Å². The Kier molecular flexibility index (Phi) is 4.05. The molecule has 0 aliphatic carbocycles. The molecule has 33 heavy (non-hydrogen) atoms. The van der Waals surface area contributed by atoms with E-state index in [1.165, 1.54) is 31.3 Å². The van der Waals surface area contributed by atoms with Crippen LogP contribution in [0.1, 0.15) is 0 Å². The highest BCUT2D eigenvalue weighted by Gasteiger charge is 2.13. The van der Waals surface area contributed by atoms with Gasteiger partial charge in [-0.3, -0.25) is 0 Å². The van der Waals surface area contributed by atoms with E-state index in [0.717, 1.165) is 33.3 Å². The van der Waals surface area contributed by atoms with Gasteiger partial charge in [0.2, 0.25) is 0 Å². The van der Waals surface area contributed by atoms with E-state index in [-0.39, 0.29) is 0 Å². The molecule has 7 rings (SSSR count). The average molecular weight is 442 g/mol. The third-order valence-electron chi connectivity index (χ3n) is 6.26. The molecule has 0 unspecified atom stereocenters. The lowest BCUT2D eigenvalue weighted by Gasteiger charge is -2.09. The predicted octanol–water partition coefficient (Wildman–Crippen LogP) is 9.36. The Labute approximate surface area is 194 Å². The van der Waals surface area contributed by atoms with Crippen LogP contribution in [0.4, 0.5) is 11.4 Å². The summed E-state index contributed by atoms with van der Waals surface area (Å²) in [5.41, 5.74) is 6.31. The van der Waals surface area contributed by atoms with Gasteiger partial charge in [-0.25, -0.2) is 0 Å². The summed E-state index contributed by atoms with van der Waals surface area (Å²) in [5.74, 6) is 0. The number of hydrogen-bond donors (Lipinski definition) is 1. The van der Waals surface area contributed by atoms with Gasteiger partial charge in [0.1, 0.15) is 11.2 Å². The van der Waals surface area contributed by atoms with Crippen molar-refractivity contribution in [2.45, 2.75) is 0 Å². The van der Waals surface area contributed by atoms with Gasteiger partial charge >= 0.3 is 0 Å². The van der Waals surface area contributed by atoms with E-state index in [1.54, 1.807) is 0 Å². The van der Waals surface area contributed by atoms with Gasteiger partial charge in [0, 0.05) is 31.2 Å². The Hall–Kier alpha value is -4.08. The first kappa shape index (κ1) is 18.5. The molecule has 0 radical (unpaired) electrons. The van der Waals surface area contributed by atoms with E-state index >= 15 is 0 Å². The quantitative estimate of drug-likeness (QED) is 0.295. The second-order valence-corrected chi connectivity index (χ2v) is 9.38. The lowest BCUT2D eigenvalue weighted by Crippen LogP contribution is -1.90. The van der Waals surface area contributed by atoms with Gasteiger partial charge in [0.15, 0.2) is 0 Å². The number of furan rings is 1. The Balaban J connectivity index is 1.38. The monoisotopic (exact) mass is 441 g/mol. The first-order valence-electron chi connectivity index (χ1n) is 11.0. The second kappa shape index (κ2) is 7.22. The van der Waals surface area contributed by atoms with Crippen LogP contribution in [0, 0.1) is 0 Å². The molecular formula is C30H19NOS. The average Bonchev–Trinajstić information content (AvgIpc) is 3.43. The van der Waals surface area contributed by atoms with Crippen molar-refractivity contribution in [3.05, 3.63) is 109 Å². The molecule has 0 atom stereocenters. The summed E-state index contributed by atoms with van der Waals surface area (Å²) in [4.78, 5) is 0. The molecule has 7 aromatic rings. The van der Waals surface area contributed by atoms with Crippen molar-refractivity contribution in [2.75, 3.05) is 5.32 Å². The first-order valence-corrected chi connectivity index (χ1v) is 11.8. The summed E-state index contributed by atoms with van der Waals surface area (Å²) in [7, 11) is 0. The number of anilines is 2. The van der Waals surface area contributed by atoms with Crippen molar-refractivity contribution >= 4 is 64.8 Å². The molecule has 1 N–H and O–H groups in total. The maximum absolute atomic E-state index is 6.20. The fourth-order valence-electron chi connectivity index (χ4n) is 4.70. The van der Waals surface area contributed by atoms with Gasteiger partial charge < -0.3 is 9.73 Å². The van der Waals surface area contributed by atoms with Crippen LogP contribution >= 0.6 is 11.3 Å². The highest BCUT2D eigenvalue weighted by molar-refractivity contribution is 7.25. The zero-order valence-electron chi connectivity index (χ0n) is 17.7. The van der Waals surface area contributed by atoms with Crippen LogP contribution in [-0.4, -0.2) is 0 Å². The molecular weight excluding hydrogens is 422 g/mol. The molecule has 0 amide bonds. The molecule has 5 aromatic carbocycles. The summed E-state index contributed by atoms with van der Waals surface area (Å²) in [5, 5.41) is 8.50. The molecule has 2 heterocycles. The highest BCUT2D eigenvalue weighted by atomic mass is 32.1. The second-order valence-electron chi connectivity index (χ2n) is 8.29. The number of nitrogens with one attached hydrogen (secondary N) is 1. The van der Waals surface area contributed by atoms with Gasteiger partial charge in [0.05, 0.1) is 11.1 Å². The number of hydrogen-bond acceptors (Lipinski definition) is 3. The Morgan fingerprint density at radius 3 is 2.33 bits per heavy atom. The highest BCUT2D eigenvalue weighted by Crippen LogP contribution is 2.39. The zero-order chi connectivity index (χ0) is 21.8. The van der Waals surface area contributed by atoms with Crippen LogP contribution in [0.3, 0.4) is 0 Å². The summed E-state index contributed by atoms with van der Waals surface area (Å²) >= 11 is 1.84. The van der Waals surface area contributed by atoms with E-state index in [1.807, 2.05) is 29.5 Å². The van der Waals surface area contributed by atoms with Crippen molar-refractivity contribution < 1.29 is 4.42 Å². The van der Waals surface area contributed by atoms with E-state index < -0.39 is 0 Å². The molecule has 2 aromatic heterocycles. The number of rotatable bonds is 3. The SMILES string of the molecule is c1ccc(-c2ccc3oc4cccc(Nc5ccc6sc7ccccc7c6c5)c4c3c2)cc1. The Morgan fingerprint density at radius 1 is 0.545 bits per heavy atom. The Bertz CT molecular complexity index is 1790. The topological polar surface area (TPSA) is 25.2 Å². The fraction of sp³-hybridized carbons (Fsp3) is 0. The fourth-order valence-corrected chi connectivity index (χ4v) is 5.79. The molecule has 0 saturated carbocycles. The van der Waals surface area contributed by atoms with Crippen molar-refractivity contribution in [1.29, 1.82) is 0 Å². The standard InChI is InChI=1S/C30H19NOS/c1-2-7-19(8-3-1)20-13-15-26-24(17-20)30-25(10-6-11-27(30)32-26)31-21-14-16-29-23(18-21)22-9-4-5-12-28(22)33-29/h1-18,31H. The molecule has 0 aliphatic rings. The Morgan fingerprint density at radius 2 is 1.39 bits per heavy atom. The molecule has 0 spiro atoms. The summed E-state index contributed by atoms with van der Waals surface area (Å²) in [6.45, 7) is 0. The summed E-state index contributed by atoms with van der Waals surface area (Å²) in [6, 6.07) is 38.4. The smallest absolute Gasteiger partial charge is 0.137 e. The van der Waals surface area contributed by atoms with E-state index in [0.29, 0.717) is 0 Å². The molecule has 3 heteroatoms. The molecule has 0 aliphatic heterocycles. The third kappa shape index (κ3) is 3.01. The maximum Gasteiger partial charge on any atom is 0.137 e. The maximum atomic E-state index is 6.20. The lowest BCUT2D eigenvalue weighted by atomic mass is 10.0. The van der Waals surface area contributed by atoms with Crippen LogP contribution in [0.5, 0.6) is 0 Å². The minimum Gasteiger partial charge on any atom is -0.456 e. The molecule has 0 bridgehead atoms. The summed E-state index contributed by atoms with van der Waals surface area (Å²) in [6.07, 6.45) is 0. The number of fused-ring (bicyclic) bond motifs is 6. The van der Waals surface area contributed by atoms with Crippen LogP contribution in [0.2, 0.25) is 0 Å². The minimum absolute atomic E-state index is 0.891. The van der Waals surface area contributed by atoms with Crippen LogP contribution in [0.15, 0.2) is 114 Å². The minimum atomic E-state index is 0.891.